The van der Waals surface area contributed by atoms with Crippen LogP contribution < -0.4 is 0 Å². The maximum absolute atomic E-state index is 8.15. The van der Waals surface area contributed by atoms with Crippen LogP contribution >= 0.6 is 0 Å². The minimum atomic E-state index is 0.236. The van der Waals surface area contributed by atoms with Crippen LogP contribution in [0, 0.1) is 0 Å². The van der Waals surface area contributed by atoms with Crippen LogP contribution in [0.15, 0.2) is 5.11 Å². The lowest BCUT2D eigenvalue weighted by Crippen LogP contribution is -2.00. The summed E-state index contributed by atoms with van der Waals surface area (Å²) in [4.78, 5) is 2.80. The minimum absolute atomic E-state index is 0.236. The molecule has 0 fully saturated rings. The smallest absolute Gasteiger partial charge is 0.0373 e. The van der Waals surface area contributed by atoms with Gasteiger partial charge in [0.1, 0.15) is 0 Å². The third kappa shape index (κ3) is 4.21. The Morgan fingerprint density at radius 3 is 2.10 bits per heavy atom. The Morgan fingerprint density at radius 2 is 1.80 bits per heavy atom. The van der Waals surface area contributed by atoms with Gasteiger partial charge in [0, 0.05) is 11.0 Å². The molecule has 0 aromatic heterocycles. The van der Waals surface area contributed by atoms with E-state index in [2.05, 4.69) is 23.9 Å². The molecule has 0 aromatic carbocycles. The van der Waals surface area contributed by atoms with Crippen molar-refractivity contribution in [3.63, 3.8) is 0 Å². The lowest BCUT2D eigenvalue weighted by molar-refractivity contribution is 0.551. The summed E-state index contributed by atoms with van der Waals surface area (Å²) in [6.45, 7) is 4.21. The summed E-state index contributed by atoms with van der Waals surface area (Å²) in [5.74, 6) is 0. The van der Waals surface area contributed by atoms with E-state index in [1.807, 2.05) is 0 Å². The first-order chi connectivity index (χ1) is 4.85. The average molecular weight is 141 g/mol. The highest BCUT2D eigenvalue weighted by atomic mass is 15.1. The fourth-order valence-corrected chi connectivity index (χ4v) is 0.999. The summed E-state index contributed by atoms with van der Waals surface area (Å²) in [5, 5.41) is 3.68. The van der Waals surface area contributed by atoms with Crippen LogP contribution in [-0.2, 0) is 0 Å². The molecule has 0 aliphatic rings. The lowest BCUT2D eigenvalue weighted by Gasteiger charge is -2.05. The van der Waals surface area contributed by atoms with Gasteiger partial charge in [-0.1, -0.05) is 31.8 Å². The van der Waals surface area contributed by atoms with E-state index in [-0.39, 0.29) is 6.04 Å². The normalized spacial score (nSPS) is 9.50. The Labute approximate surface area is 62.1 Å². The Hall–Kier alpha value is -0.690. The second-order valence-corrected chi connectivity index (χ2v) is 2.44. The monoisotopic (exact) mass is 141 g/mol. The van der Waals surface area contributed by atoms with Gasteiger partial charge in [0.25, 0.3) is 0 Å². The molecule has 0 radical (unpaired) electrons. The molecule has 0 spiro atoms. The van der Waals surface area contributed by atoms with Crippen molar-refractivity contribution in [2.75, 3.05) is 0 Å². The molecule has 10 heavy (non-hydrogen) atoms. The van der Waals surface area contributed by atoms with Crippen molar-refractivity contribution >= 4 is 0 Å². The molecule has 0 aromatic rings. The molecular formula is C7H15N3. The number of rotatable bonds is 5. The van der Waals surface area contributed by atoms with Crippen LogP contribution in [0.5, 0.6) is 0 Å². The Bertz CT molecular complexity index is 110. The third-order valence-corrected chi connectivity index (χ3v) is 1.46. The van der Waals surface area contributed by atoms with E-state index in [0.29, 0.717) is 0 Å². The summed E-state index contributed by atoms with van der Waals surface area (Å²) in [5.41, 5.74) is 8.15. The van der Waals surface area contributed by atoms with Crippen molar-refractivity contribution in [1.82, 2.24) is 0 Å². The van der Waals surface area contributed by atoms with Gasteiger partial charge in [0.2, 0.25) is 0 Å². The second kappa shape index (κ2) is 6.43. The molecule has 0 heterocycles. The molecule has 0 N–H and O–H groups in total. The van der Waals surface area contributed by atoms with E-state index in [0.717, 1.165) is 25.7 Å². The number of hydrogen-bond donors (Lipinski definition) is 0. The molecule has 0 rings (SSSR count). The molecule has 0 saturated carbocycles. The van der Waals surface area contributed by atoms with Gasteiger partial charge in [0.15, 0.2) is 0 Å². The first-order valence-corrected chi connectivity index (χ1v) is 3.89. The van der Waals surface area contributed by atoms with Gasteiger partial charge in [-0.3, -0.25) is 0 Å². The highest BCUT2D eigenvalue weighted by Crippen LogP contribution is 2.08. The van der Waals surface area contributed by atoms with Crippen LogP contribution in [0.4, 0.5) is 0 Å². The molecule has 0 unspecified atom stereocenters. The van der Waals surface area contributed by atoms with Gasteiger partial charge in [-0.05, 0) is 18.4 Å². The van der Waals surface area contributed by atoms with Gasteiger partial charge >= 0.3 is 0 Å². The molecule has 58 valence electrons. The van der Waals surface area contributed by atoms with Crippen molar-refractivity contribution in [3.8, 4) is 0 Å². The van der Waals surface area contributed by atoms with E-state index in [1.165, 1.54) is 0 Å². The predicted molar refractivity (Wildman–Crippen MR) is 42.8 cm³/mol. The van der Waals surface area contributed by atoms with Gasteiger partial charge in [-0.2, -0.15) is 0 Å². The summed E-state index contributed by atoms with van der Waals surface area (Å²) >= 11 is 0. The molecule has 0 saturated heterocycles. The molecule has 3 heteroatoms. The molecule has 0 atom stereocenters. The zero-order valence-corrected chi connectivity index (χ0v) is 6.75. The molecule has 3 nitrogen and oxygen atoms in total. The average Bonchev–Trinajstić information content (AvgIpc) is 1.90. The van der Waals surface area contributed by atoms with Gasteiger partial charge in [-0.25, -0.2) is 0 Å². The summed E-state index contributed by atoms with van der Waals surface area (Å²) < 4.78 is 0. The minimum Gasteiger partial charge on any atom is -0.0906 e. The number of hydrogen-bond acceptors (Lipinski definition) is 1. The molecule has 0 amide bonds. The summed E-state index contributed by atoms with van der Waals surface area (Å²) in [6.07, 6.45) is 4.25. The first-order valence-electron chi connectivity index (χ1n) is 3.89. The van der Waals surface area contributed by atoms with Crippen molar-refractivity contribution < 1.29 is 0 Å². The Balaban J connectivity index is 3.60. The van der Waals surface area contributed by atoms with Crippen molar-refractivity contribution in [3.05, 3.63) is 10.4 Å². The SMILES string of the molecule is CCCC(CCC)N=[N+]=[N-]. The van der Waals surface area contributed by atoms with E-state index < -0.39 is 0 Å². The maximum atomic E-state index is 8.15. The Morgan fingerprint density at radius 1 is 1.30 bits per heavy atom. The van der Waals surface area contributed by atoms with E-state index in [1.54, 1.807) is 0 Å². The van der Waals surface area contributed by atoms with E-state index in [4.69, 9.17) is 5.53 Å². The third-order valence-electron chi connectivity index (χ3n) is 1.46. The van der Waals surface area contributed by atoms with Crippen LogP contribution in [0.2, 0.25) is 0 Å². The quantitative estimate of drug-likeness (QED) is 0.320. The predicted octanol–water partition coefficient (Wildman–Crippen LogP) is 3.27. The summed E-state index contributed by atoms with van der Waals surface area (Å²) in [6, 6.07) is 0.236. The van der Waals surface area contributed by atoms with E-state index in [9.17, 15) is 0 Å². The summed E-state index contributed by atoms with van der Waals surface area (Å²) in [7, 11) is 0. The zero-order chi connectivity index (χ0) is 7.82. The second-order valence-electron chi connectivity index (χ2n) is 2.44. The fraction of sp³-hybridized carbons (Fsp3) is 1.00. The molecule has 0 aliphatic carbocycles. The van der Waals surface area contributed by atoms with Crippen molar-refractivity contribution in [1.29, 1.82) is 0 Å². The topological polar surface area (TPSA) is 48.8 Å². The maximum Gasteiger partial charge on any atom is 0.0373 e. The molecular weight excluding hydrogens is 126 g/mol. The Kier molecular flexibility index (Phi) is 5.99. The molecule has 0 bridgehead atoms. The lowest BCUT2D eigenvalue weighted by atomic mass is 10.1. The van der Waals surface area contributed by atoms with Gasteiger partial charge in [0.05, 0.1) is 0 Å². The highest BCUT2D eigenvalue weighted by molar-refractivity contribution is 4.64. The van der Waals surface area contributed by atoms with Crippen molar-refractivity contribution in [2.24, 2.45) is 5.11 Å². The van der Waals surface area contributed by atoms with Crippen LogP contribution in [0.3, 0.4) is 0 Å². The van der Waals surface area contributed by atoms with Crippen LogP contribution in [0.25, 0.3) is 10.4 Å². The number of azide groups is 1. The largest absolute Gasteiger partial charge is 0.0906 e. The van der Waals surface area contributed by atoms with Crippen LogP contribution in [-0.4, -0.2) is 6.04 Å². The fourth-order valence-electron chi connectivity index (χ4n) is 0.999. The zero-order valence-electron chi connectivity index (χ0n) is 6.75. The highest BCUT2D eigenvalue weighted by Gasteiger charge is 2.01. The van der Waals surface area contributed by atoms with Gasteiger partial charge in [-0.15, -0.1) is 0 Å². The first kappa shape index (κ1) is 9.31. The molecule has 0 aliphatic heterocycles. The number of nitrogens with zero attached hydrogens (tertiary/aromatic N) is 3. The van der Waals surface area contributed by atoms with Gasteiger partial charge < -0.3 is 0 Å². The van der Waals surface area contributed by atoms with Crippen LogP contribution in [0.1, 0.15) is 39.5 Å². The van der Waals surface area contributed by atoms with Crippen molar-refractivity contribution in [2.45, 2.75) is 45.6 Å². The van der Waals surface area contributed by atoms with E-state index >= 15 is 0 Å². The standard InChI is InChI=1S/C7H15N3/c1-3-5-7(6-4-2)9-10-8/h7H,3-6H2,1-2H3.